The standard InChI is InChI=1S/C22H19F4N5O4S2/c1-37(34,35)31-17(16(20(31)33)22(24,25)26)18-28-21(36-11-13-8-6-12(10-27)7-9-13)30(29-18)19(32)14-4-2-3-5-15(14)23/h2-9,16-17H,10-11,27H2,1H3. The normalized spacial score (nSPS) is 18.1. The van der Waals surface area contributed by atoms with Gasteiger partial charge < -0.3 is 5.73 Å². The van der Waals surface area contributed by atoms with E-state index in [0.29, 0.717) is 17.5 Å². The van der Waals surface area contributed by atoms with Crippen molar-refractivity contribution >= 4 is 33.6 Å². The number of alkyl halides is 3. The molecule has 9 nitrogen and oxygen atoms in total. The van der Waals surface area contributed by atoms with Crippen LogP contribution in [0.25, 0.3) is 0 Å². The van der Waals surface area contributed by atoms with Gasteiger partial charge in [0.15, 0.2) is 16.9 Å². The van der Waals surface area contributed by atoms with Gasteiger partial charge in [0.1, 0.15) is 11.9 Å². The summed E-state index contributed by atoms with van der Waals surface area (Å²) in [5, 5.41) is 3.64. The van der Waals surface area contributed by atoms with E-state index in [1.165, 1.54) is 12.1 Å². The smallest absolute Gasteiger partial charge is 0.326 e. The zero-order chi connectivity index (χ0) is 27.1. The van der Waals surface area contributed by atoms with Gasteiger partial charge in [0.05, 0.1) is 11.8 Å². The summed E-state index contributed by atoms with van der Waals surface area (Å²) in [6.07, 6.45) is -4.52. The molecule has 2 aromatic carbocycles. The van der Waals surface area contributed by atoms with Gasteiger partial charge in [-0.15, -0.1) is 5.10 Å². The number of β-lactam (4-membered cyclic amide) rings is 1. The van der Waals surface area contributed by atoms with E-state index < -0.39 is 57.2 Å². The SMILES string of the molecule is CS(=O)(=O)N1C(=O)C(C(F)(F)F)C1c1nc(SCc2ccc(CN)cc2)n(C(=O)c2ccccc2F)n1. The Morgan fingerprint density at radius 2 is 1.73 bits per heavy atom. The van der Waals surface area contributed by atoms with Crippen molar-refractivity contribution in [3.05, 3.63) is 76.9 Å². The van der Waals surface area contributed by atoms with Crippen molar-refractivity contribution in [2.75, 3.05) is 6.26 Å². The number of hydrogen-bond acceptors (Lipinski definition) is 8. The van der Waals surface area contributed by atoms with Crippen molar-refractivity contribution in [2.24, 2.45) is 11.7 Å². The van der Waals surface area contributed by atoms with Gasteiger partial charge in [-0.1, -0.05) is 48.2 Å². The van der Waals surface area contributed by atoms with Crippen LogP contribution in [0, 0.1) is 11.7 Å². The van der Waals surface area contributed by atoms with Gasteiger partial charge in [-0.3, -0.25) is 9.59 Å². The highest BCUT2D eigenvalue weighted by molar-refractivity contribution is 7.98. The van der Waals surface area contributed by atoms with Crippen LogP contribution in [0.3, 0.4) is 0 Å². The molecule has 1 aliphatic heterocycles. The van der Waals surface area contributed by atoms with E-state index in [0.717, 1.165) is 35.0 Å². The van der Waals surface area contributed by atoms with Crippen LogP contribution in [0.4, 0.5) is 17.6 Å². The first-order valence-electron chi connectivity index (χ1n) is 10.6. The highest BCUT2D eigenvalue weighted by atomic mass is 32.2. The van der Waals surface area contributed by atoms with Crippen LogP contribution in [0.5, 0.6) is 0 Å². The van der Waals surface area contributed by atoms with Crippen LogP contribution in [0.15, 0.2) is 53.7 Å². The Bertz CT molecular complexity index is 1460. The van der Waals surface area contributed by atoms with Crippen molar-refractivity contribution in [3.63, 3.8) is 0 Å². The molecule has 15 heteroatoms. The fraction of sp³-hybridized carbons (Fsp3) is 0.273. The third-order valence-electron chi connectivity index (χ3n) is 5.54. The van der Waals surface area contributed by atoms with Gasteiger partial charge in [-0.05, 0) is 23.3 Å². The monoisotopic (exact) mass is 557 g/mol. The summed E-state index contributed by atoms with van der Waals surface area (Å²) in [6, 6.07) is 9.85. The highest BCUT2D eigenvalue weighted by Crippen LogP contribution is 2.49. The van der Waals surface area contributed by atoms with Crippen molar-refractivity contribution < 1.29 is 35.6 Å². The number of carbonyl (C=O) groups is 2. The maximum absolute atomic E-state index is 14.3. The predicted octanol–water partition coefficient (Wildman–Crippen LogP) is 2.88. The Kier molecular flexibility index (Phi) is 7.14. The lowest BCUT2D eigenvalue weighted by atomic mass is 9.89. The zero-order valence-corrected chi connectivity index (χ0v) is 20.6. The molecule has 1 amide bonds. The molecule has 0 saturated carbocycles. The van der Waals surface area contributed by atoms with E-state index in [-0.39, 0.29) is 15.2 Å². The fourth-order valence-electron chi connectivity index (χ4n) is 3.74. The molecule has 196 valence electrons. The van der Waals surface area contributed by atoms with Crippen molar-refractivity contribution in [2.45, 2.75) is 29.7 Å². The molecule has 1 aromatic heterocycles. The van der Waals surface area contributed by atoms with Gasteiger partial charge >= 0.3 is 6.18 Å². The summed E-state index contributed by atoms with van der Waals surface area (Å²) in [4.78, 5) is 29.3. The summed E-state index contributed by atoms with van der Waals surface area (Å²) in [5.41, 5.74) is 6.77. The second-order valence-corrected chi connectivity index (χ2v) is 10.9. The molecule has 1 saturated heterocycles. The molecule has 0 aliphatic carbocycles. The number of nitrogens with zero attached hydrogens (tertiary/aromatic N) is 4. The Balaban J connectivity index is 1.77. The van der Waals surface area contributed by atoms with E-state index in [2.05, 4.69) is 10.1 Å². The van der Waals surface area contributed by atoms with Crippen LogP contribution in [-0.4, -0.2) is 51.7 Å². The molecule has 0 spiro atoms. The number of hydrogen-bond donors (Lipinski definition) is 1. The molecule has 2 unspecified atom stereocenters. The largest absolute Gasteiger partial charge is 0.403 e. The molecule has 2 atom stereocenters. The molecule has 2 heterocycles. The molecule has 2 N–H and O–H groups in total. The summed E-state index contributed by atoms with van der Waals surface area (Å²) < 4.78 is 80.0. The van der Waals surface area contributed by atoms with E-state index in [4.69, 9.17) is 5.73 Å². The third-order valence-corrected chi connectivity index (χ3v) is 7.66. The Labute approximate surface area is 212 Å². The summed E-state index contributed by atoms with van der Waals surface area (Å²) >= 11 is 0.914. The van der Waals surface area contributed by atoms with Crippen molar-refractivity contribution in [1.82, 2.24) is 19.1 Å². The van der Waals surface area contributed by atoms with Crippen LogP contribution in [0.1, 0.15) is 33.4 Å². The average Bonchev–Trinajstić information content (AvgIpc) is 3.22. The zero-order valence-electron chi connectivity index (χ0n) is 19.0. The molecule has 0 radical (unpaired) electrons. The Morgan fingerprint density at radius 1 is 1.11 bits per heavy atom. The van der Waals surface area contributed by atoms with E-state index in [9.17, 15) is 35.6 Å². The molecule has 0 bridgehead atoms. The quantitative estimate of drug-likeness (QED) is 0.267. The van der Waals surface area contributed by atoms with Crippen LogP contribution in [0.2, 0.25) is 0 Å². The first-order valence-corrected chi connectivity index (χ1v) is 13.4. The molecular weight excluding hydrogens is 538 g/mol. The minimum Gasteiger partial charge on any atom is -0.326 e. The Morgan fingerprint density at radius 3 is 2.30 bits per heavy atom. The van der Waals surface area contributed by atoms with Gasteiger partial charge in [-0.25, -0.2) is 22.1 Å². The fourth-order valence-corrected chi connectivity index (χ4v) is 5.70. The van der Waals surface area contributed by atoms with Crippen LogP contribution in [-0.2, 0) is 27.1 Å². The number of amides is 1. The molecule has 3 aromatic rings. The topological polar surface area (TPSA) is 128 Å². The van der Waals surface area contributed by atoms with Gasteiger partial charge in [-0.2, -0.15) is 17.9 Å². The summed E-state index contributed by atoms with van der Waals surface area (Å²) in [6.45, 7) is 0.319. The minimum absolute atomic E-state index is 0.0401. The highest BCUT2D eigenvalue weighted by Gasteiger charge is 2.66. The van der Waals surface area contributed by atoms with Crippen molar-refractivity contribution in [1.29, 1.82) is 0 Å². The first kappa shape index (κ1) is 26.8. The number of aromatic nitrogens is 3. The predicted molar refractivity (Wildman–Crippen MR) is 124 cm³/mol. The number of carbonyl (C=O) groups excluding carboxylic acids is 2. The number of sulfonamides is 1. The van der Waals surface area contributed by atoms with Gasteiger partial charge in [0.2, 0.25) is 10.0 Å². The number of nitrogens with two attached hydrogens (primary N) is 1. The van der Waals surface area contributed by atoms with E-state index in [1.807, 2.05) is 0 Å². The average molecular weight is 558 g/mol. The lowest BCUT2D eigenvalue weighted by molar-refractivity contribution is -0.218. The molecule has 37 heavy (non-hydrogen) atoms. The maximum Gasteiger partial charge on any atom is 0.403 e. The Hall–Kier alpha value is -3.30. The molecule has 4 rings (SSSR count). The molecule has 1 fully saturated rings. The van der Waals surface area contributed by atoms with E-state index in [1.54, 1.807) is 24.3 Å². The second-order valence-electron chi connectivity index (χ2n) is 8.12. The van der Waals surface area contributed by atoms with Crippen LogP contribution < -0.4 is 5.73 Å². The lowest BCUT2D eigenvalue weighted by Crippen LogP contribution is -2.62. The summed E-state index contributed by atoms with van der Waals surface area (Å²) in [5.74, 6) is -6.84. The number of rotatable bonds is 7. The number of halogens is 4. The lowest BCUT2D eigenvalue weighted by Gasteiger charge is -2.43. The van der Waals surface area contributed by atoms with Crippen LogP contribution >= 0.6 is 11.8 Å². The summed E-state index contributed by atoms with van der Waals surface area (Å²) in [7, 11) is -4.42. The number of benzene rings is 2. The molecular formula is C22H19F4N5O4S2. The minimum atomic E-state index is -5.10. The first-order chi connectivity index (χ1) is 17.3. The molecule has 1 aliphatic rings. The maximum atomic E-state index is 14.3. The van der Waals surface area contributed by atoms with Crippen molar-refractivity contribution in [3.8, 4) is 0 Å². The van der Waals surface area contributed by atoms with E-state index >= 15 is 0 Å². The second kappa shape index (κ2) is 9.87. The van der Waals surface area contributed by atoms with Gasteiger partial charge in [0.25, 0.3) is 11.8 Å². The van der Waals surface area contributed by atoms with Gasteiger partial charge in [0, 0.05) is 12.3 Å². The third kappa shape index (κ3) is 5.24. The number of thioether (sulfide) groups is 1.